The van der Waals surface area contributed by atoms with Crippen LogP contribution in [0.1, 0.15) is 5.82 Å². The van der Waals surface area contributed by atoms with E-state index in [1.54, 1.807) is 24.9 Å². The van der Waals surface area contributed by atoms with Crippen molar-refractivity contribution in [2.45, 2.75) is 16.5 Å². The molecule has 0 atom stereocenters. The lowest BCUT2D eigenvalue weighted by atomic mass is 10.4. The van der Waals surface area contributed by atoms with Crippen LogP contribution in [0, 0.1) is 0 Å². The van der Waals surface area contributed by atoms with E-state index in [0.717, 1.165) is 14.4 Å². The van der Waals surface area contributed by atoms with Crippen molar-refractivity contribution in [3.05, 3.63) is 40.6 Å². The molecule has 2 N–H and O–H groups in total. The molecule has 2 rings (SSSR count). The Hall–Kier alpha value is -1.11. The van der Waals surface area contributed by atoms with Crippen molar-refractivity contribution in [2.24, 2.45) is 0 Å². The molecule has 2 aromatic rings. The van der Waals surface area contributed by atoms with E-state index in [1.165, 1.54) is 0 Å². The van der Waals surface area contributed by atoms with Gasteiger partial charge in [-0.15, -0.1) is 0 Å². The van der Waals surface area contributed by atoms with Gasteiger partial charge in [-0.2, -0.15) is 0 Å². The topological polar surface area (TPSA) is 61.0 Å². The fourth-order valence-corrected chi connectivity index (χ4v) is 2.47. The molecule has 0 aliphatic carbocycles. The molecule has 1 aromatic heterocycles. The van der Waals surface area contributed by atoms with Gasteiger partial charge in [0.25, 0.3) is 0 Å². The van der Waals surface area contributed by atoms with Crippen molar-refractivity contribution in [1.82, 2.24) is 9.97 Å². The number of halogens is 1. The van der Waals surface area contributed by atoms with Gasteiger partial charge in [-0.05, 0) is 24.3 Å². The van der Waals surface area contributed by atoms with Crippen molar-refractivity contribution < 1.29 is 4.74 Å². The zero-order valence-corrected chi connectivity index (χ0v) is 12.2. The summed E-state index contributed by atoms with van der Waals surface area (Å²) in [5.41, 5.74) is 5.74. The molecule has 0 spiro atoms. The Morgan fingerprint density at radius 1 is 1.28 bits per heavy atom. The van der Waals surface area contributed by atoms with E-state index in [2.05, 4.69) is 25.9 Å². The Balaban J connectivity index is 2.20. The number of benzene rings is 1. The third kappa shape index (κ3) is 3.69. The first-order chi connectivity index (χ1) is 8.67. The number of anilines is 1. The van der Waals surface area contributed by atoms with Crippen molar-refractivity contribution in [3.8, 4) is 0 Å². The minimum absolute atomic E-state index is 0.360. The first-order valence-corrected chi connectivity index (χ1v) is 6.84. The molecule has 0 aliphatic heterocycles. The second-order valence-electron chi connectivity index (χ2n) is 3.54. The summed E-state index contributed by atoms with van der Waals surface area (Å²) in [6, 6.07) is 9.77. The van der Waals surface area contributed by atoms with Gasteiger partial charge in [-0.3, -0.25) is 0 Å². The predicted molar refractivity (Wildman–Crippen MR) is 75.4 cm³/mol. The van der Waals surface area contributed by atoms with Gasteiger partial charge in [0.05, 0.1) is 0 Å². The molecule has 0 fully saturated rings. The normalized spacial score (nSPS) is 10.6. The second kappa shape index (κ2) is 6.17. The molecule has 0 saturated carbocycles. The van der Waals surface area contributed by atoms with E-state index < -0.39 is 0 Å². The molecule has 0 saturated heterocycles. The fraction of sp³-hybridized carbons (Fsp3) is 0.167. The Bertz CT molecular complexity index is 533. The third-order valence-electron chi connectivity index (χ3n) is 2.08. The first-order valence-electron chi connectivity index (χ1n) is 5.23. The van der Waals surface area contributed by atoms with E-state index >= 15 is 0 Å². The summed E-state index contributed by atoms with van der Waals surface area (Å²) < 4.78 is 6.06. The van der Waals surface area contributed by atoms with Gasteiger partial charge in [-0.25, -0.2) is 9.97 Å². The molecule has 0 bridgehead atoms. The quantitative estimate of drug-likeness (QED) is 0.875. The summed E-state index contributed by atoms with van der Waals surface area (Å²) in [7, 11) is 1.61. The van der Waals surface area contributed by atoms with E-state index in [0.29, 0.717) is 18.2 Å². The Kier molecular flexibility index (Phi) is 4.57. The molecule has 94 valence electrons. The average molecular weight is 326 g/mol. The van der Waals surface area contributed by atoms with Crippen LogP contribution in [0.4, 0.5) is 5.82 Å². The van der Waals surface area contributed by atoms with Crippen molar-refractivity contribution in [2.75, 3.05) is 12.8 Å². The average Bonchev–Trinajstić information content (AvgIpc) is 2.32. The number of nitrogens with two attached hydrogens (primary N) is 1. The molecule has 1 aromatic carbocycles. The fourth-order valence-electron chi connectivity index (χ4n) is 1.36. The first kappa shape index (κ1) is 13.3. The number of rotatable bonds is 4. The molecular weight excluding hydrogens is 314 g/mol. The number of nitrogen functional groups attached to an aromatic ring is 1. The monoisotopic (exact) mass is 325 g/mol. The SMILES string of the molecule is COCc1nc(N)cc(Sc2ccc(Br)cc2)n1. The number of hydrogen-bond acceptors (Lipinski definition) is 5. The standard InChI is InChI=1S/C12H12BrN3OS/c1-17-7-11-15-10(14)6-12(16-11)18-9-4-2-8(13)3-5-9/h2-6H,7H2,1H3,(H2,14,15,16). The lowest BCUT2D eigenvalue weighted by Crippen LogP contribution is -2.01. The molecule has 0 aliphatic rings. The Morgan fingerprint density at radius 2 is 2.00 bits per heavy atom. The number of ether oxygens (including phenoxy) is 1. The lowest BCUT2D eigenvalue weighted by Gasteiger charge is -2.05. The van der Waals surface area contributed by atoms with Crippen LogP contribution in [0.25, 0.3) is 0 Å². The highest BCUT2D eigenvalue weighted by molar-refractivity contribution is 9.10. The largest absolute Gasteiger partial charge is 0.384 e. The van der Waals surface area contributed by atoms with Gasteiger partial charge < -0.3 is 10.5 Å². The van der Waals surface area contributed by atoms with Gasteiger partial charge in [0.15, 0.2) is 5.82 Å². The van der Waals surface area contributed by atoms with Crippen molar-refractivity contribution >= 4 is 33.5 Å². The molecular formula is C12H12BrN3OS. The Labute approximate surface area is 118 Å². The summed E-state index contributed by atoms with van der Waals surface area (Å²) >= 11 is 4.95. The lowest BCUT2D eigenvalue weighted by molar-refractivity contribution is 0.177. The zero-order valence-electron chi connectivity index (χ0n) is 9.76. The summed E-state index contributed by atoms with van der Waals surface area (Å²) in [5.74, 6) is 1.05. The minimum atomic E-state index is 0.360. The van der Waals surface area contributed by atoms with Gasteiger partial charge in [0.1, 0.15) is 17.5 Å². The maximum Gasteiger partial charge on any atom is 0.157 e. The summed E-state index contributed by atoms with van der Waals surface area (Å²) in [4.78, 5) is 9.57. The van der Waals surface area contributed by atoms with E-state index in [1.807, 2.05) is 24.3 Å². The molecule has 6 heteroatoms. The number of aromatic nitrogens is 2. The predicted octanol–water partition coefficient (Wildman–Crippen LogP) is 3.12. The van der Waals surface area contributed by atoms with Crippen LogP contribution >= 0.6 is 27.7 Å². The molecule has 18 heavy (non-hydrogen) atoms. The number of hydrogen-bond donors (Lipinski definition) is 1. The highest BCUT2D eigenvalue weighted by Gasteiger charge is 2.04. The van der Waals surface area contributed by atoms with Crippen LogP contribution in [0.5, 0.6) is 0 Å². The van der Waals surface area contributed by atoms with Crippen LogP contribution in [0.15, 0.2) is 44.7 Å². The van der Waals surface area contributed by atoms with Crippen LogP contribution in [0.3, 0.4) is 0 Å². The van der Waals surface area contributed by atoms with Crippen LogP contribution in [-0.4, -0.2) is 17.1 Å². The van der Waals surface area contributed by atoms with E-state index in [-0.39, 0.29) is 0 Å². The zero-order chi connectivity index (χ0) is 13.0. The van der Waals surface area contributed by atoms with Crippen molar-refractivity contribution in [1.29, 1.82) is 0 Å². The van der Waals surface area contributed by atoms with Crippen molar-refractivity contribution in [3.63, 3.8) is 0 Å². The molecule has 1 heterocycles. The van der Waals surface area contributed by atoms with E-state index in [4.69, 9.17) is 10.5 Å². The molecule has 0 radical (unpaired) electrons. The highest BCUT2D eigenvalue weighted by Crippen LogP contribution is 2.28. The van der Waals surface area contributed by atoms with Crippen LogP contribution in [0.2, 0.25) is 0 Å². The maximum atomic E-state index is 5.74. The van der Waals surface area contributed by atoms with E-state index in [9.17, 15) is 0 Å². The Morgan fingerprint density at radius 3 is 2.67 bits per heavy atom. The third-order valence-corrected chi connectivity index (χ3v) is 3.53. The number of nitrogens with zero attached hydrogens (tertiary/aromatic N) is 2. The van der Waals surface area contributed by atoms with Gasteiger partial charge in [0.2, 0.25) is 0 Å². The van der Waals surface area contributed by atoms with Crippen LogP contribution in [-0.2, 0) is 11.3 Å². The smallest absolute Gasteiger partial charge is 0.157 e. The maximum absolute atomic E-state index is 5.74. The highest BCUT2D eigenvalue weighted by atomic mass is 79.9. The number of methoxy groups -OCH3 is 1. The summed E-state index contributed by atoms with van der Waals surface area (Å²) in [5, 5.41) is 0.817. The molecule has 4 nitrogen and oxygen atoms in total. The van der Waals surface area contributed by atoms with Gasteiger partial charge >= 0.3 is 0 Å². The van der Waals surface area contributed by atoms with Gasteiger partial charge in [-0.1, -0.05) is 27.7 Å². The minimum Gasteiger partial charge on any atom is -0.384 e. The summed E-state index contributed by atoms with van der Waals surface area (Å²) in [6.45, 7) is 0.360. The second-order valence-corrected chi connectivity index (χ2v) is 5.55. The van der Waals surface area contributed by atoms with Gasteiger partial charge in [0, 0.05) is 22.5 Å². The molecule has 0 unspecified atom stereocenters. The summed E-state index contributed by atoms with van der Waals surface area (Å²) in [6.07, 6.45) is 0. The van der Waals surface area contributed by atoms with Crippen LogP contribution < -0.4 is 5.73 Å². The molecule has 0 amide bonds.